The third kappa shape index (κ3) is 4.94. The molecular weight excluding hydrogens is 308 g/mol. The quantitative estimate of drug-likeness (QED) is 0.696. The maximum Gasteiger partial charge on any atom is 0.360 e. The van der Waals surface area contributed by atoms with Crippen LogP contribution in [-0.2, 0) is 22.5 Å². The summed E-state index contributed by atoms with van der Waals surface area (Å²) in [7, 11) is 1.28. The number of benzene rings is 1. The third-order valence-corrected chi connectivity index (χ3v) is 3.59. The van der Waals surface area contributed by atoms with E-state index in [1.807, 2.05) is 37.3 Å². The second kappa shape index (κ2) is 8.86. The van der Waals surface area contributed by atoms with E-state index in [2.05, 4.69) is 9.72 Å². The highest BCUT2D eigenvalue weighted by molar-refractivity contribution is 5.86. The Hall–Kier alpha value is -2.63. The van der Waals surface area contributed by atoms with Crippen LogP contribution in [0.1, 0.15) is 41.7 Å². The second-order valence-corrected chi connectivity index (χ2v) is 5.42. The van der Waals surface area contributed by atoms with Crippen LogP contribution in [0.2, 0.25) is 0 Å². The van der Waals surface area contributed by atoms with Crippen LogP contribution in [0.15, 0.2) is 41.0 Å². The van der Waals surface area contributed by atoms with Crippen molar-refractivity contribution in [2.24, 2.45) is 0 Å². The Kier molecular flexibility index (Phi) is 6.54. The standard InChI is InChI=1S/C18H22N2O4/c1-3-11-20(12-16-19-15(13-24-16)18(22)23-2)17(21)10-9-14-7-5-4-6-8-14/h4-8,13H,3,9-12H2,1-2H3. The van der Waals surface area contributed by atoms with Crippen LogP contribution in [0.25, 0.3) is 0 Å². The molecule has 0 saturated carbocycles. The number of ether oxygens (including phenoxy) is 1. The molecule has 1 aromatic heterocycles. The zero-order chi connectivity index (χ0) is 17.4. The maximum atomic E-state index is 12.5. The minimum Gasteiger partial charge on any atom is -0.464 e. The van der Waals surface area contributed by atoms with E-state index in [0.29, 0.717) is 25.3 Å². The van der Waals surface area contributed by atoms with Gasteiger partial charge in [0.15, 0.2) is 5.69 Å². The molecule has 0 fully saturated rings. The third-order valence-electron chi connectivity index (χ3n) is 3.59. The van der Waals surface area contributed by atoms with Crippen LogP contribution in [0.4, 0.5) is 0 Å². The lowest BCUT2D eigenvalue weighted by Crippen LogP contribution is -2.31. The van der Waals surface area contributed by atoms with Crippen molar-refractivity contribution in [1.29, 1.82) is 0 Å². The molecule has 0 radical (unpaired) electrons. The molecule has 1 aromatic carbocycles. The smallest absolute Gasteiger partial charge is 0.360 e. The first-order chi connectivity index (χ1) is 11.6. The molecule has 2 rings (SSSR count). The van der Waals surface area contributed by atoms with E-state index in [-0.39, 0.29) is 18.1 Å². The second-order valence-electron chi connectivity index (χ2n) is 5.42. The fraction of sp³-hybridized carbons (Fsp3) is 0.389. The Morgan fingerprint density at radius 2 is 2.00 bits per heavy atom. The number of esters is 1. The number of methoxy groups -OCH3 is 1. The topological polar surface area (TPSA) is 72.6 Å². The van der Waals surface area contributed by atoms with Gasteiger partial charge in [0, 0.05) is 13.0 Å². The normalized spacial score (nSPS) is 10.4. The zero-order valence-electron chi connectivity index (χ0n) is 14.0. The number of nitrogens with zero attached hydrogens (tertiary/aromatic N) is 2. The summed E-state index contributed by atoms with van der Waals surface area (Å²) in [5.74, 6) is -0.183. The first-order valence-electron chi connectivity index (χ1n) is 7.98. The first kappa shape index (κ1) is 17.7. The number of oxazole rings is 1. The van der Waals surface area contributed by atoms with Crippen molar-refractivity contribution in [1.82, 2.24) is 9.88 Å². The van der Waals surface area contributed by atoms with Crippen LogP contribution in [-0.4, -0.2) is 35.4 Å². The van der Waals surface area contributed by atoms with Crippen molar-refractivity contribution in [3.63, 3.8) is 0 Å². The summed E-state index contributed by atoms with van der Waals surface area (Å²) >= 11 is 0. The highest BCUT2D eigenvalue weighted by Crippen LogP contribution is 2.11. The van der Waals surface area contributed by atoms with Gasteiger partial charge in [-0.15, -0.1) is 0 Å². The van der Waals surface area contributed by atoms with Crippen molar-refractivity contribution >= 4 is 11.9 Å². The van der Waals surface area contributed by atoms with E-state index in [4.69, 9.17) is 4.42 Å². The minimum absolute atomic E-state index is 0.0403. The molecular formula is C18H22N2O4. The molecule has 128 valence electrons. The largest absolute Gasteiger partial charge is 0.464 e. The Labute approximate surface area is 141 Å². The zero-order valence-corrected chi connectivity index (χ0v) is 14.0. The molecule has 1 heterocycles. The lowest BCUT2D eigenvalue weighted by molar-refractivity contribution is -0.132. The summed E-state index contributed by atoms with van der Waals surface area (Å²) in [5, 5.41) is 0. The van der Waals surface area contributed by atoms with Gasteiger partial charge < -0.3 is 14.1 Å². The van der Waals surface area contributed by atoms with Crippen molar-refractivity contribution in [3.8, 4) is 0 Å². The van der Waals surface area contributed by atoms with Gasteiger partial charge in [0.1, 0.15) is 6.26 Å². The Bertz CT molecular complexity index is 667. The molecule has 0 atom stereocenters. The van der Waals surface area contributed by atoms with Gasteiger partial charge in [0.2, 0.25) is 11.8 Å². The summed E-state index contributed by atoms with van der Waals surface area (Å²) in [6, 6.07) is 9.90. The van der Waals surface area contributed by atoms with E-state index in [1.165, 1.54) is 13.4 Å². The minimum atomic E-state index is -0.553. The fourth-order valence-electron chi connectivity index (χ4n) is 2.36. The number of amides is 1. The molecule has 1 amide bonds. The van der Waals surface area contributed by atoms with Gasteiger partial charge >= 0.3 is 5.97 Å². The highest BCUT2D eigenvalue weighted by atomic mass is 16.5. The number of aryl methyl sites for hydroxylation is 1. The van der Waals surface area contributed by atoms with Crippen LogP contribution in [0.3, 0.4) is 0 Å². The van der Waals surface area contributed by atoms with Crippen molar-refractivity contribution in [2.45, 2.75) is 32.7 Å². The van der Waals surface area contributed by atoms with Gasteiger partial charge in [-0.2, -0.15) is 0 Å². The van der Waals surface area contributed by atoms with Crippen molar-refractivity contribution in [2.75, 3.05) is 13.7 Å². The number of carbonyl (C=O) groups excluding carboxylic acids is 2. The number of aromatic nitrogens is 1. The van der Waals surface area contributed by atoms with Crippen LogP contribution < -0.4 is 0 Å². The lowest BCUT2D eigenvalue weighted by Gasteiger charge is -2.20. The number of carbonyl (C=O) groups is 2. The van der Waals surface area contributed by atoms with Crippen LogP contribution in [0, 0.1) is 0 Å². The van der Waals surface area contributed by atoms with E-state index < -0.39 is 5.97 Å². The van der Waals surface area contributed by atoms with Gasteiger partial charge in [-0.05, 0) is 18.4 Å². The van der Waals surface area contributed by atoms with Gasteiger partial charge in [0.25, 0.3) is 0 Å². The average Bonchev–Trinajstić information content (AvgIpc) is 3.08. The number of rotatable bonds is 8. The summed E-state index contributed by atoms with van der Waals surface area (Å²) in [4.78, 5) is 29.7. The molecule has 0 unspecified atom stereocenters. The molecule has 0 spiro atoms. The molecule has 2 aromatic rings. The molecule has 24 heavy (non-hydrogen) atoms. The lowest BCUT2D eigenvalue weighted by atomic mass is 10.1. The fourth-order valence-corrected chi connectivity index (χ4v) is 2.36. The molecule has 0 saturated heterocycles. The Morgan fingerprint density at radius 3 is 2.67 bits per heavy atom. The SMILES string of the molecule is CCCN(Cc1nc(C(=O)OC)co1)C(=O)CCc1ccccc1. The van der Waals surface area contributed by atoms with Gasteiger partial charge in [-0.3, -0.25) is 4.79 Å². The van der Waals surface area contributed by atoms with Crippen LogP contribution >= 0.6 is 0 Å². The summed E-state index contributed by atoms with van der Waals surface area (Å²) in [5.41, 5.74) is 1.24. The summed E-state index contributed by atoms with van der Waals surface area (Å²) in [6.07, 6.45) is 3.20. The van der Waals surface area contributed by atoms with E-state index >= 15 is 0 Å². The summed E-state index contributed by atoms with van der Waals surface area (Å²) < 4.78 is 9.87. The summed E-state index contributed by atoms with van der Waals surface area (Å²) in [6.45, 7) is 2.87. The molecule has 0 bridgehead atoms. The van der Waals surface area contributed by atoms with Crippen LogP contribution in [0.5, 0.6) is 0 Å². The van der Waals surface area contributed by atoms with E-state index in [0.717, 1.165) is 12.0 Å². The predicted molar refractivity (Wildman–Crippen MR) is 88.3 cm³/mol. The van der Waals surface area contributed by atoms with Gasteiger partial charge in [-0.25, -0.2) is 9.78 Å². The molecule has 0 aliphatic carbocycles. The maximum absolute atomic E-state index is 12.5. The number of hydrogen-bond acceptors (Lipinski definition) is 5. The van der Waals surface area contributed by atoms with E-state index in [1.54, 1.807) is 4.90 Å². The van der Waals surface area contributed by atoms with Gasteiger partial charge in [0.05, 0.1) is 13.7 Å². The Balaban J connectivity index is 1.96. The van der Waals surface area contributed by atoms with Gasteiger partial charge in [-0.1, -0.05) is 37.3 Å². The van der Waals surface area contributed by atoms with Crippen molar-refractivity contribution < 1.29 is 18.7 Å². The predicted octanol–water partition coefficient (Wildman–Crippen LogP) is 2.83. The average molecular weight is 330 g/mol. The van der Waals surface area contributed by atoms with Crippen molar-refractivity contribution in [3.05, 3.63) is 53.7 Å². The molecule has 0 N–H and O–H groups in total. The Morgan fingerprint density at radius 1 is 1.25 bits per heavy atom. The highest BCUT2D eigenvalue weighted by Gasteiger charge is 2.18. The molecule has 0 aliphatic heterocycles. The number of hydrogen-bond donors (Lipinski definition) is 0. The first-order valence-corrected chi connectivity index (χ1v) is 7.98. The van der Waals surface area contributed by atoms with E-state index in [9.17, 15) is 9.59 Å². The molecule has 6 heteroatoms. The molecule has 6 nitrogen and oxygen atoms in total. The monoisotopic (exact) mass is 330 g/mol. The molecule has 0 aliphatic rings.